The van der Waals surface area contributed by atoms with Crippen LogP contribution in [0.4, 0.5) is 0 Å². The Morgan fingerprint density at radius 1 is 1.45 bits per heavy atom. The average Bonchev–Trinajstić information content (AvgIpc) is 2.83. The molecule has 2 rings (SSSR count). The fourth-order valence-corrected chi connectivity index (χ4v) is 3.01. The molecule has 0 spiro atoms. The summed E-state index contributed by atoms with van der Waals surface area (Å²) in [6, 6.07) is 0. The zero-order valence-corrected chi connectivity index (χ0v) is 14.1. The molecule has 0 amide bonds. The van der Waals surface area contributed by atoms with Crippen LogP contribution in [-0.4, -0.2) is 53.4 Å². The van der Waals surface area contributed by atoms with Gasteiger partial charge in [0.2, 0.25) is 0 Å². The molecule has 0 aliphatic carbocycles. The number of aliphatic imine (C=N–C) groups is 1. The lowest BCUT2D eigenvalue weighted by atomic mass is 10.00. The second kappa shape index (κ2) is 7.63. The van der Waals surface area contributed by atoms with Crippen molar-refractivity contribution in [2.24, 2.45) is 4.99 Å². The number of rotatable bonds is 4. The van der Waals surface area contributed by atoms with Crippen molar-refractivity contribution in [3.63, 3.8) is 0 Å². The maximum Gasteiger partial charge on any atom is 0.193 e. The molecular weight excluding hydrogens is 280 g/mol. The van der Waals surface area contributed by atoms with Crippen LogP contribution in [0.5, 0.6) is 0 Å². The zero-order chi connectivity index (χ0) is 16.1. The predicted octanol–water partition coefficient (Wildman–Crippen LogP) is 1.82. The van der Waals surface area contributed by atoms with E-state index in [0.717, 1.165) is 55.5 Å². The maximum absolute atomic E-state index is 9.64. The molecular formula is C16H28N4O2. The summed E-state index contributed by atoms with van der Waals surface area (Å²) in [5.74, 6) is 2.09. The second-order valence-corrected chi connectivity index (χ2v) is 6.05. The summed E-state index contributed by atoms with van der Waals surface area (Å²) in [4.78, 5) is 7.01. The predicted molar refractivity (Wildman–Crippen MR) is 87.2 cm³/mol. The topological polar surface area (TPSA) is 73.9 Å². The molecule has 0 bridgehead atoms. The lowest BCUT2D eigenvalue weighted by Crippen LogP contribution is -2.46. The Bertz CT molecular complexity index is 485. The smallest absolute Gasteiger partial charge is 0.193 e. The zero-order valence-electron chi connectivity index (χ0n) is 14.1. The number of nitrogens with zero attached hydrogens (tertiary/aromatic N) is 3. The number of nitrogens with one attached hydrogen (secondary N) is 1. The van der Waals surface area contributed by atoms with Gasteiger partial charge in [-0.2, -0.15) is 0 Å². The number of hydrogen-bond acceptors (Lipinski definition) is 4. The summed E-state index contributed by atoms with van der Waals surface area (Å²) in [5, 5.41) is 17.0. The summed E-state index contributed by atoms with van der Waals surface area (Å²) in [6.07, 6.45) is 1.45. The third kappa shape index (κ3) is 4.00. The highest BCUT2D eigenvalue weighted by molar-refractivity contribution is 5.80. The van der Waals surface area contributed by atoms with Crippen molar-refractivity contribution in [3.8, 4) is 0 Å². The molecule has 2 heterocycles. The summed E-state index contributed by atoms with van der Waals surface area (Å²) in [6.45, 7) is 11.4. The average molecular weight is 308 g/mol. The Morgan fingerprint density at radius 3 is 2.68 bits per heavy atom. The van der Waals surface area contributed by atoms with E-state index in [1.807, 2.05) is 13.8 Å². The van der Waals surface area contributed by atoms with Crippen molar-refractivity contribution >= 4 is 5.96 Å². The van der Waals surface area contributed by atoms with Gasteiger partial charge in [-0.3, -0.25) is 4.99 Å². The standard InChI is InChI=1S/C16H28N4O2/c1-5-17-16(20-8-6-14(21)7-9-20)18-10-11(2)15-12(3)19-22-13(15)4/h11,14,21H,5-10H2,1-4H3,(H,17,18). The fraction of sp³-hybridized carbons (Fsp3) is 0.750. The minimum absolute atomic E-state index is 0.166. The van der Waals surface area contributed by atoms with E-state index in [0.29, 0.717) is 6.54 Å². The monoisotopic (exact) mass is 308 g/mol. The van der Waals surface area contributed by atoms with E-state index in [4.69, 9.17) is 9.52 Å². The van der Waals surface area contributed by atoms with Gasteiger partial charge in [0.05, 0.1) is 11.8 Å². The minimum atomic E-state index is -0.166. The van der Waals surface area contributed by atoms with Gasteiger partial charge in [-0.1, -0.05) is 12.1 Å². The van der Waals surface area contributed by atoms with Crippen LogP contribution in [0.15, 0.2) is 9.52 Å². The molecule has 1 fully saturated rings. The number of aromatic nitrogens is 1. The van der Waals surface area contributed by atoms with Crippen LogP contribution in [0.3, 0.4) is 0 Å². The van der Waals surface area contributed by atoms with E-state index in [9.17, 15) is 5.11 Å². The molecule has 1 saturated heterocycles. The SMILES string of the molecule is CCNC(=NCC(C)c1c(C)noc1C)N1CCC(O)CC1. The van der Waals surface area contributed by atoms with E-state index in [2.05, 4.69) is 29.2 Å². The van der Waals surface area contributed by atoms with Gasteiger partial charge in [0.25, 0.3) is 0 Å². The molecule has 0 saturated carbocycles. The third-order valence-electron chi connectivity index (χ3n) is 4.20. The van der Waals surface area contributed by atoms with Crippen LogP contribution >= 0.6 is 0 Å². The van der Waals surface area contributed by atoms with Gasteiger partial charge in [-0.15, -0.1) is 0 Å². The van der Waals surface area contributed by atoms with Crippen molar-refractivity contribution in [1.82, 2.24) is 15.4 Å². The highest BCUT2D eigenvalue weighted by Crippen LogP contribution is 2.23. The number of aliphatic hydroxyl groups is 1. The maximum atomic E-state index is 9.64. The molecule has 2 N–H and O–H groups in total. The van der Waals surface area contributed by atoms with Crippen LogP contribution in [-0.2, 0) is 0 Å². The Morgan fingerprint density at radius 2 is 2.14 bits per heavy atom. The molecule has 0 aromatic carbocycles. The van der Waals surface area contributed by atoms with E-state index >= 15 is 0 Å². The quantitative estimate of drug-likeness (QED) is 0.655. The van der Waals surface area contributed by atoms with Gasteiger partial charge in [-0.05, 0) is 33.6 Å². The van der Waals surface area contributed by atoms with Gasteiger partial charge in [0, 0.05) is 37.7 Å². The lowest BCUT2D eigenvalue weighted by Gasteiger charge is -2.32. The molecule has 1 aliphatic rings. The van der Waals surface area contributed by atoms with Crippen LogP contribution in [0.2, 0.25) is 0 Å². The summed E-state index contributed by atoms with van der Waals surface area (Å²) in [7, 11) is 0. The first kappa shape index (κ1) is 16.8. The van der Waals surface area contributed by atoms with Crippen LogP contribution in [0, 0.1) is 13.8 Å². The highest BCUT2D eigenvalue weighted by atomic mass is 16.5. The van der Waals surface area contributed by atoms with Gasteiger partial charge in [0.15, 0.2) is 5.96 Å². The van der Waals surface area contributed by atoms with Crippen LogP contribution in [0.1, 0.15) is 49.6 Å². The number of aliphatic hydroxyl groups excluding tert-OH is 1. The number of aryl methyl sites for hydroxylation is 2. The minimum Gasteiger partial charge on any atom is -0.393 e. The third-order valence-corrected chi connectivity index (χ3v) is 4.20. The molecule has 1 unspecified atom stereocenters. The van der Waals surface area contributed by atoms with Crippen LogP contribution < -0.4 is 5.32 Å². The van der Waals surface area contributed by atoms with Crippen molar-refractivity contribution in [1.29, 1.82) is 0 Å². The van der Waals surface area contributed by atoms with E-state index in [1.54, 1.807) is 0 Å². The van der Waals surface area contributed by atoms with Crippen LogP contribution in [0.25, 0.3) is 0 Å². The Balaban J connectivity index is 2.03. The molecule has 124 valence electrons. The van der Waals surface area contributed by atoms with Crippen molar-refractivity contribution < 1.29 is 9.63 Å². The second-order valence-electron chi connectivity index (χ2n) is 6.05. The summed E-state index contributed by atoms with van der Waals surface area (Å²) < 4.78 is 5.25. The molecule has 1 aromatic heterocycles. The molecule has 6 nitrogen and oxygen atoms in total. The lowest BCUT2D eigenvalue weighted by molar-refractivity contribution is 0.108. The van der Waals surface area contributed by atoms with Gasteiger partial charge < -0.3 is 19.8 Å². The first-order valence-corrected chi connectivity index (χ1v) is 8.17. The van der Waals surface area contributed by atoms with Crippen molar-refractivity contribution in [2.45, 2.75) is 52.6 Å². The molecule has 1 aromatic rings. The highest BCUT2D eigenvalue weighted by Gasteiger charge is 2.21. The fourth-order valence-electron chi connectivity index (χ4n) is 3.01. The van der Waals surface area contributed by atoms with Crippen molar-refractivity contribution in [2.75, 3.05) is 26.2 Å². The van der Waals surface area contributed by atoms with Gasteiger partial charge in [0.1, 0.15) is 5.76 Å². The molecule has 1 aliphatic heterocycles. The Labute approximate surface area is 132 Å². The van der Waals surface area contributed by atoms with E-state index < -0.39 is 0 Å². The number of piperidine rings is 1. The molecule has 1 atom stereocenters. The number of likely N-dealkylation sites (tertiary alicyclic amines) is 1. The van der Waals surface area contributed by atoms with E-state index in [1.165, 1.54) is 0 Å². The first-order chi connectivity index (χ1) is 10.5. The largest absolute Gasteiger partial charge is 0.393 e. The normalized spacial score (nSPS) is 18.6. The summed E-state index contributed by atoms with van der Waals surface area (Å²) >= 11 is 0. The Hall–Kier alpha value is -1.56. The van der Waals surface area contributed by atoms with Gasteiger partial charge in [-0.25, -0.2) is 0 Å². The first-order valence-electron chi connectivity index (χ1n) is 8.17. The number of hydrogen-bond donors (Lipinski definition) is 2. The number of guanidine groups is 1. The molecule has 22 heavy (non-hydrogen) atoms. The Kier molecular flexibility index (Phi) is 5.83. The van der Waals surface area contributed by atoms with Crippen molar-refractivity contribution in [3.05, 3.63) is 17.0 Å². The molecule has 0 radical (unpaired) electrons. The summed E-state index contributed by atoms with van der Waals surface area (Å²) in [5.41, 5.74) is 2.11. The van der Waals surface area contributed by atoms with E-state index in [-0.39, 0.29) is 12.0 Å². The van der Waals surface area contributed by atoms with Gasteiger partial charge >= 0.3 is 0 Å². The molecule has 6 heteroatoms.